The zero-order chi connectivity index (χ0) is 8.72. The fourth-order valence-electron chi connectivity index (χ4n) is 1.34. The first kappa shape index (κ1) is 6.97. The van der Waals surface area contributed by atoms with Crippen LogP contribution in [0.25, 0.3) is 5.70 Å². The second-order valence-electron chi connectivity index (χ2n) is 2.80. The first-order valence-electron chi connectivity index (χ1n) is 3.67. The lowest BCUT2D eigenvalue weighted by atomic mass is 10.1. The van der Waals surface area contributed by atoms with Gasteiger partial charge in [-0.2, -0.15) is 4.99 Å². The summed E-state index contributed by atoms with van der Waals surface area (Å²) in [5, 5.41) is 2.88. The van der Waals surface area contributed by atoms with Gasteiger partial charge in [-0.3, -0.25) is 0 Å². The lowest BCUT2D eigenvalue weighted by Gasteiger charge is -2.14. The molecule has 62 valence electrons. The predicted molar refractivity (Wildman–Crippen MR) is 49.0 cm³/mol. The van der Waals surface area contributed by atoms with Gasteiger partial charge in [0.15, 0.2) is 5.96 Å². The van der Waals surface area contributed by atoms with Gasteiger partial charge in [-0.1, -0.05) is 6.58 Å². The molecule has 12 heavy (non-hydrogen) atoms. The van der Waals surface area contributed by atoms with Crippen LogP contribution < -0.4 is 11.1 Å². The standard InChI is InChI=1S/C8H10N4/c1-4-3-10-7-6(4)5(2)11-8(9)12-7/h3,10H,2H2,1H3,(H3,9,11,12). The number of fused-ring (bicyclic) bond motifs is 1. The molecule has 1 aliphatic rings. The quantitative estimate of drug-likeness (QED) is 0.529. The zero-order valence-electron chi connectivity index (χ0n) is 6.81. The van der Waals surface area contributed by atoms with E-state index in [9.17, 15) is 0 Å². The van der Waals surface area contributed by atoms with Crippen LogP contribution in [0.4, 0.5) is 5.82 Å². The summed E-state index contributed by atoms with van der Waals surface area (Å²) in [4.78, 5) is 7.10. The van der Waals surface area contributed by atoms with Gasteiger partial charge in [0.2, 0.25) is 0 Å². The SMILES string of the molecule is C=C1NC(N)=Nc2[nH]cc(C)c21. The number of aromatic amines is 1. The summed E-state index contributed by atoms with van der Waals surface area (Å²) in [6.07, 6.45) is 1.89. The fourth-order valence-corrected chi connectivity index (χ4v) is 1.34. The Morgan fingerprint density at radius 1 is 1.58 bits per heavy atom. The molecule has 1 aromatic heterocycles. The molecular weight excluding hydrogens is 152 g/mol. The number of guanidine groups is 1. The van der Waals surface area contributed by atoms with Crippen molar-refractivity contribution < 1.29 is 0 Å². The van der Waals surface area contributed by atoms with Crippen molar-refractivity contribution in [1.82, 2.24) is 10.3 Å². The van der Waals surface area contributed by atoms with E-state index < -0.39 is 0 Å². The van der Waals surface area contributed by atoms with Crippen LogP contribution in [0.2, 0.25) is 0 Å². The third kappa shape index (κ3) is 0.812. The number of nitrogens with one attached hydrogen (secondary N) is 2. The maximum atomic E-state index is 5.51. The first-order valence-corrected chi connectivity index (χ1v) is 3.67. The molecule has 4 N–H and O–H groups in total. The summed E-state index contributed by atoms with van der Waals surface area (Å²) in [6, 6.07) is 0. The Kier molecular flexibility index (Phi) is 1.24. The van der Waals surface area contributed by atoms with E-state index in [2.05, 4.69) is 21.9 Å². The Balaban J connectivity index is 2.65. The minimum Gasteiger partial charge on any atom is -0.369 e. The van der Waals surface area contributed by atoms with Gasteiger partial charge in [0.25, 0.3) is 0 Å². The number of rotatable bonds is 0. The summed E-state index contributed by atoms with van der Waals surface area (Å²) in [5.74, 6) is 1.17. The highest BCUT2D eigenvalue weighted by Gasteiger charge is 2.16. The van der Waals surface area contributed by atoms with E-state index in [4.69, 9.17) is 5.73 Å². The maximum absolute atomic E-state index is 5.51. The van der Waals surface area contributed by atoms with Crippen LogP contribution in [0.5, 0.6) is 0 Å². The number of hydrogen-bond donors (Lipinski definition) is 3. The number of aryl methyl sites for hydroxylation is 1. The number of aliphatic imine (C=N–C) groups is 1. The molecule has 1 aromatic rings. The van der Waals surface area contributed by atoms with Gasteiger partial charge in [-0.05, 0) is 12.5 Å². The molecule has 4 nitrogen and oxygen atoms in total. The molecule has 0 amide bonds. The third-order valence-corrected chi connectivity index (χ3v) is 1.87. The van der Waals surface area contributed by atoms with Crippen LogP contribution in [-0.4, -0.2) is 10.9 Å². The Morgan fingerprint density at radius 3 is 3.08 bits per heavy atom. The highest BCUT2D eigenvalue weighted by Crippen LogP contribution is 2.28. The highest BCUT2D eigenvalue weighted by atomic mass is 15.2. The number of hydrogen-bond acceptors (Lipinski definition) is 3. The van der Waals surface area contributed by atoms with Crippen molar-refractivity contribution in [1.29, 1.82) is 0 Å². The number of aromatic nitrogens is 1. The van der Waals surface area contributed by atoms with Crippen molar-refractivity contribution in [3.63, 3.8) is 0 Å². The van der Waals surface area contributed by atoms with Crippen molar-refractivity contribution in [3.05, 3.63) is 23.9 Å². The predicted octanol–water partition coefficient (Wildman–Crippen LogP) is 0.843. The van der Waals surface area contributed by atoms with Gasteiger partial charge in [-0.15, -0.1) is 0 Å². The largest absolute Gasteiger partial charge is 0.369 e. The lowest BCUT2D eigenvalue weighted by Crippen LogP contribution is -2.31. The van der Waals surface area contributed by atoms with E-state index in [1.807, 2.05) is 13.1 Å². The van der Waals surface area contributed by atoms with E-state index in [0.29, 0.717) is 5.96 Å². The van der Waals surface area contributed by atoms with E-state index >= 15 is 0 Å². The average molecular weight is 162 g/mol. The molecule has 1 aliphatic heterocycles. The van der Waals surface area contributed by atoms with E-state index in [1.54, 1.807) is 0 Å². The molecule has 0 atom stereocenters. The molecule has 0 saturated heterocycles. The van der Waals surface area contributed by atoms with E-state index in [0.717, 1.165) is 22.6 Å². The van der Waals surface area contributed by atoms with Crippen LogP contribution in [0.15, 0.2) is 17.8 Å². The second-order valence-corrected chi connectivity index (χ2v) is 2.80. The molecule has 2 heterocycles. The van der Waals surface area contributed by atoms with Gasteiger partial charge in [0.1, 0.15) is 5.82 Å². The average Bonchev–Trinajstić information content (AvgIpc) is 2.31. The van der Waals surface area contributed by atoms with Crippen molar-refractivity contribution in [2.45, 2.75) is 6.92 Å². The van der Waals surface area contributed by atoms with Crippen LogP contribution in [0.1, 0.15) is 11.1 Å². The fraction of sp³-hybridized carbons (Fsp3) is 0.125. The van der Waals surface area contributed by atoms with Crippen molar-refractivity contribution in [2.24, 2.45) is 10.7 Å². The van der Waals surface area contributed by atoms with E-state index in [1.165, 1.54) is 0 Å². The van der Waals surface area contributed by atoms with Crippen LogP contribution in [0.3, 0.4) is 0 Å². The van der Waals surface area contributed by atoms with Gasteiger partial charge in [0, 0.05) is 17.5 Å². The molecule has 0 aliphatic carbocycles. The second kappa shape index (κ2) is 2.14. The van der Waals surface area contributed by atoms with Crippen LogP contribution >= 0.6 is 0 Å². The van der Waals surface area contributed by atoms with Gasteiger partial charge in [-0.25, -0.2) is 0 Å². The lowest BCUT2D eigenvalue weighted by molar-refractivity contribution is 1.17. The van der Waals surface area contributed by atoms with Crippen LogP contribution in [0, 0.1) is 6.92 Å². The summed E-state index contributed by atoms with van der Waals surface area (Å²) < 4.78 is 0. The summed E-state index contributed by atoms with van der Waals surface area (Å²) in [5.41, 5.74) is 8.45. The third-order valence-electron chi connectivity index (χ3n) is 1.87. The van der Waals surface area contributed by atoms with Gasteiger partial charge in [0.05, 0.1) is 0 Å². The van der Waals surface area contributed by atoms with Gasteiger partial charge >= 0.3 is 0 Å². The normalized spacial score (nSPS) is 15.1. The van der Waals surface area contributed by atoms with Crippen molar-refractivity contribution >= 4 is 17.5 Å². The molecule has 0 fully saturated rings. The molecule has 0 saturated carbocycles. The van der Waals surface area contributed by atoms with Crippen molar-refractivity contribution in [2.75, 3.05) is 0 Å². The Hall–Kier alpha value is -1.71. The van der Waals surface area contributed by atoms with Gasteiger partial charge < -0.3 is 16.0 Å². The molecule has 2 rings (SSSR count). The molecule has 0 radical (unpaired) electrons. The molecule has 0 spiro atoms. The smallest absolute Gasteiger partial charge is 0.199 e. The minimum atomic E-state index is 0.384. The highest BCUT2D eigenvalue weighted by molar-refractivity contribution is 5.95. The minimum absolute atomic E-state index is 0.384. The van der Waals surface area contributed by atoms with Crippen LogP contribution in [-0.2, 0) is 0 Å². The monoisotopic (exact) mass is 162 g/mol. The number of nitrogens with two attached hydrogens (primary N) is 1. The Bertz CT molecular complexity index is 372. The first-order chi connectivity index (χ1) is 5.68. The number of nitrogens with zero attached hydrogens (tertiary/aromatic N) is 1. The van der Waals surface area contributed by atoms with Crippen molar-refractivity contribution in [3.8, 4) is 0 Å². The zero-order valence-corrected chi connectivity index (χ0v) is 6.81. The molecule has 0 aromatic carbocycles. The molecule has 4 heteroatoms. The topological polar surface area (TPSA) is 66.2 Å². The Morgan fingerprint density at radius 2 is 2.33 bits per heavy atom. The summed E-state index contributed by atoms with van der Waals surface area (Å²) >= 11 is 0. The Labute approximate surface area is 70.2 Å². The molecule has 0 bridgehead atoms. The summed E-state index contributed by atoms with van der Waals surface area (Å²) in [6.45, 7) is 5.85. The maximum Gasteiger partial charge on any atom is 0.199 e. The molecule has 0 unspecified atom stereocenters. The molecular formula is C8H10N4. The number of H-pyrrole nitrogens is 1. The summed E-state index contributed by atoms with van der Waals surface area (Å²) in [7, 11) is 0. The van der Waals surface area contributed by atoms with E-state index in [-0.39, 0.29) is 0 Å².